The average molecular weight is 313 g/mol. The zero-order valence-electron chi connectivity index (χ0n) is 10.6. The first kappa shape index (κ1) is 13.6. The molecule has 2 saturated heterocycles. The van der Waals surface area contributed by atoms with E-state index in [0.29, 0.717) is 0 Å². The third-order valence-electron chi connectivity index (χ3n) is 3.61. The third kappa shape index (κ3) is 2.17. The van der Waals surface area contributed by atoms with Crippen molar-refractivity contribution in [3.05, 3.63) is 28.3 Å². The molecule has 1 aromatic carbocycles. The zero-order valence-corrected chi connectivity index (χ0v) is 11.4. The highest BCUT2D eigenvalue weighted by Crippen LogP contribution is 2.36. The predicted octanol–water partition coefficient (Wildman–Crippen LogP) is -0.00440. The minimum Gasteiger partial charge on any atom is -0.505 e. The summed E-state index contributed by atoms with van der Waals surface area (Å²) < 4.78 is 23.3. The van der Waals surface area contributed by atoms with E-state index in [1.54, 1.807) is 0 Å². The molecule has 0 unspecified atom stereocenters. The van der Waals surface area contributed by atoms with E-state index in [4.69, 9.17) is 0 Å². The molecule has 10 heteroatoms. The molecule has 1 aromatic rings. The van der Waals surface area contributed by atoms with Crippen LogP contribution in [0.3, 0.4) is 0 Å². The van der Waals surface area contributed by atoms with Crippen molar-refractivity contribution in [2.75, 3.05) is 16.4 Å². The van der Waals surface area contributed by atoms with Gasteiger partial charge in [0.1, 0.15) is 5.75 Å². The van der Waals surface area contributed by atoms with Crippen molar-refractivity contribution in [2.45, 2.75) is 12.1 Å². The number of amides is 2. The fourth-order valence-corrected chi connectivity index (χ4v) is 4.61. The molecule has 9 nitrogen and oxygen atoms in total. The summed E-state index contributed by atoms with van der Waals surface area (Å²) in [5.41, 5.74) is -0.255. The molecule has 21 heavy (non-hydrogen) atoms. The first-order valence-corrected chi connectivity index (χ1v) is 7.88. The highest BCUT2D eigenvalue weighted by Gasteiger charge is 2.49. The summed E-state index contributed by atoms with van der Waals surface area (Å²) in [5.74, 6) is -0.787. The number of rotatable bonds is 2. The van der Waals surface area contributed by atoms with Gasteiger partial charge in [-0.25, -0.2) is 13.2 Å². The van der Waals surface area contributed by atoms with Gasteiger partial charge in [0.2, 0.25) is 0 Å². The molecular weight excluding hydrogens is 302 g/mol. The molecule has 0 saturated carbocycles. The maximum atomic E-state index is 11.9. The fourth-order valence-electron chi connectivity index (χ4n) is 2.72. The van der Waals surface area contributed by atoms with Crippen LogP contribution in [0.5, 0.6) is 5.75 Å². The summed E-state index contributed by atoms with van der Waals surface area (Å²) >= 11 is 0. The Labute approximate surface area is 119 Å². The van der Waals surface area contributed by atoms with Crippen molar-refractivity contribution in [3.8, 4) is 5.75 Å². The lowest BCUT2D eigenvalue weighted by molar-refractivity contribution is -0.384. The van der Waals surface area contributed by atoms with E-state index in [1.807, 2.05) is 0 Å². The van der Waals surface area contributed by atoms with Crippen molar-refractivity contribution in [1.29, 1.82) is 0 Å². The number of carbonyl (C=O) groups is 1. The van der Waals surface area contributed by atoms with Crippen molar-refractivity contribution in [2.24, 2.45) is 0 Å². The minimum atomic E-state index is -3.25. The Kier molecular flexibility index (Phi) is 2.80. The van der Waals surface area contributed by atoms with Crippen molar-refractivity contribution in [3.63, 3.8) is 0 Å². The summed E-state index contributed by atoms with van der Waals surface area (Å²) in [4.78, 5) is 23.1. The van der Waals surface area contributed by atoms with Gasteiger partial charge in [-0.1, -0.05) is 0 Å². The fraction of sp³-hybridized carbons (Fsp3) is 0.364. The number of aromatic hydroxyl groups is 1. The van der Waals surface area contributed by atoms with Crippen LogP contribution in [0.1, 0.15) is 0 Å². The van der Waals surface area contributed by atoms with Crippen LogP contribution in [-0.4, -0.2) is 48.1 Å². The van der Waals surface area contributed by atoms with Gasteiger partial charge in [0.05, 0.1) is 40.3 Å². The average Bonchev–Trinajstić information content (AvgIpc) is 2.80. The number of sulfone groups is 1. The normalized spacial score (nSPS) is 26.5. The lowest BCUT2D eigenvalue weighted by Crippen LogP contribution is -2.36. The highest BCUT2D eigenvalue weighted by molar-refractivity contribution is 7.91. The summed E-state index contributed by atoms with van der Waals surface area (Å²) in [5, 5.41) is 23.1. The first-order chi connectivity index (χ1) is 9.78. The van der Waals surface area contributed by atoms with Gasteiger partial charge in [-0.05, 0) is 6.07 Å². The number of phenols is 1. The molecule has 0 radical (unpaired) electrons. The second-order valence-corrected chi connectivity index (χ2v) is 7.15. The lowest BCUT2D eigenvalue weighted by atomic mass is 10.1. The number of urea groups is 1. The van der Waals surface area contributed by atoms with Crippen LogP contribution < -0.4 is 10.2 Å². The van der Waals surface area contributed by atoms with Crippen molar-refractivity contribution < 1.29 is 23.2 Å². The van der Waals surface area contributed by atoms with Crippen molar-refractivity contribution >= 4 is 27.2 Å². The number of nitro groups is 1. The molecular formula is C11H11N3O6S. The molecule has 2 amide bonds. The highest BCUT2D eigenvalue weighted by atomic mass is 32.2. The number of nitrogens with zero attached hydrogens (tertiary/aromatic N) is 2. The van der Waals surface area contributed by atoms with Crippen LogP contribution in [0.2, 0.25) is 0 Å². The number of carbonyl (C=O) groups excluding carboxylic acids is 1. The van der Waals surface area contributed by atoms with E-state index in [-0.39, 0.29) is 22.9 Å². The summed E-state index contributed by atoms with van der Waals surface area (Å²) in [6.45, 7) is 0. The number of hydrogen-bond acceptors (Lipinski definition) is 6. The van der Waals surface area contributed by atoms with E-state index in [0.717, 1.165) is 17.0 Å². The number of nitrogens with one attached hydrogen (secondary N) is 1. The zero-order chi connectivity index (χ0) is 15.4. The van der Waals surface area contributed by atoms with Gasteiger partial charge < -0.3 is 10.4 Å². The Bertz CT molecular complexity index is 746. The van der Waals surface area contributed by atoms with Crippen LogP contribution >= 0.6 is 0 Å². The molecule has 2 aliphatic heterocycles. The number of anilines is 1. The van der Waals surface area contributed by atoms with Gasteiger partial charge >= 0.3 is 6.03 Å². The molecule has 3 rings (SSSR count). The largest absolute Gasteiger partial charge is 0.505 e. The number of hydrogen-bond donors (Lipinski definition) is 2. The van der Waals surface area contributed by atoms with Crippen LogP contribution in [0, 0.1) is 10.1 Å². The molecule has 0 spiro atoms. The van der Waals surface area contributed by atoms with Gasteiger partial charge in [-0.3, -0.25) is 15.0 Å². The van der Waals surface area contributed by atoms with Crippen LogP contribution in [0.25, 0.3) is 0 Å². The first-order valence-electron chi connectivity index (χ1n) is 6.06. The van der Waals surface area contributed by atoms with Crippen LogP contribution in [0.15, 0.2) is 18.2 Å². The lowest BCUT2D eigenvalue weighted by Gasteiger charge is -2.21. The number of benzene rings is 1. The van der Waals surface area contributed by atoms with Crippen LogP contribution in [0.4, 0.5) is 16.2 Å². The van der Waals surface area contributed by atoms with Gasteiger partial charge in [0, 0.05) is 6.07 Å². The Morgan fingerprint density at radius 1 is 1.38 bits per heavy atom. The number of non-ortho nitro benzene ring substituents is 1. The Hall–Kier alpha value is -2.36. The second-order valence-electron chi connectivity index (χ2n) is 5.00. The predicted molar refractivity (Wildman–Crippen MR) is 72.0 cm³/mol. The Morgan fingerprint density at radius 2 is 2.10 bits per heavy atom. The van der Waals surface area contributed by atoms with Gasteiger partial charge in [0.25, 0.3) is 5.69 Å². The van der Waals surface area contributed by atoms with E-state index in [1.165, 1.54) is 6.07 Å². The topological polar surface area (TPSA) is 130 Å². The number of nitro benzene ring substituents is 1. The maximum absolute atomic E-state index is 11.9. The van der Waals surface area contributed by atoms with E-state index < -0.39 is 38.6 Å². The molecule has 2 fully saturated rings. The molecule has 2 heterocycles. The van der Waals surface area contributed by atoms with Gasteiger partial charge in [0.15, 0.2) is 9.84 Å². The smallest absolute Gasteiger partial charge is 0.322 e. The monoisotopic (exact) mass is 313 g/mol. The SMILES string of the molecule is O=C1N[C@H]2CS(=O)(=O)C[C@@H]2N1c1ccc([N+](=O)[O-])cc1O. The summed E-state index contributed by atoms with van der Waals surface area (Å²) in [7, 11) is -3.25. The minimum absolute atomic E-state index is 0.0581. The molecule has 2 N–H and O–H groups in total. The maximum Gasteiger partial charge on any atom is 0.322 e. The molecule has 0 aromatic heterocycles. The number of fused-ring (bicyclic) bond motifs is 1. The Morgan fingerprint density at radius 3 is 2.71 bits per heavy atom. The van der Waals surface area contributed by atoms with E-state index >= 15 is 0 Å². The second kappa shape index (κ2) is 4.32. The molecule has 0 aliphatic carbocycles. The Balaban J connectivity index is 2.00. The standard InChI is InChI=1S/C11H11N3O6S/c15-10-3-6(14(17)18)1-2-8(10)13-9-5-21(19,20)4-7(9)12-11(13)16/h1-3,7,9,15H,4-5H2,(H,12,16)/t7-,9-/m0/s1. The number of phenolic OH excluding ortho intramolecular Hbond substituents is 1. The van der Waals surface area contributed by atoms with E-state index in [9.17, 15) is 28.4 Å². The third-order valence-corrected chi connectivity index (χ3v) is 5.33. The molecule has 0 bridgehead atoms. The molecule has 2 atom stereocenters. The van der Waals surface area contributed by atoms with Gasteiger partial charge in [-0.2, -0.15) is 0 Å². The van der Waals surface area contributed by atoms with Crippen molar-refractivity contribution in [1.82, 2.24) is 5.32 Å². The molecule has 112 valence electrons. The quantitative estimate of drug-likeness (QED) is 0.449. The summed E-state index contributed by atoms with van der Waals surface area (Å²) in [6, 6.07) is 1.65. The van der Waals surface area contributed by atoms with E-state index in [2.05, 4.69) is 5.32 Å². The van der Waals surface area contributed by atoms with Gasteiger partial charge in [-0.15, -0.1) is 0 Å². The summed E-state index contributed by atoms with van der Waals surface area (Å²) in [6.07, 6.45) is 0. The van der Waals surface area contributed by atoms with Crippen LogP contribution in [-0.2, 0) is 9.84 Å². The molecule has 2 aliphatic rings.